The summed E-state index contributed by atoms with van der Waals surface area (Å²) in [7, 11) is 0. The Kier molecular flexibility index (Phi) is 4.50. The van der Waals surface area contributed by atoms with Crippen LogP contribution >= 0.6 is 11.6 Å². The highest BCUT2D eigenvalue weighted by Crippen LogP contribution is 2.70. The Morgan fingerprint density at radius 2 is 2.00 bits per heavy atom. The minimum atomic E-state index is -1.31. The lowest BCUT2D eigenvalue weighted by Gasteiger charge is -2.63. The lowest BCUT2D eigenvalue weighted by Crippen LogP contribution is -2.67. The molecule has 0 spiro atoms. The monoisotopic (exact) mass is 410 g/mol. The molecule has 0 heterocycles. The number of hydrogen-bond acceptors (Lipinski definition) is 4. The largest absolute Gasteiger partial charge is 0.391 e. The molecule has 9 atom stereocenters. The van der Waals surface area contributed by atoms with Crippen molar-refractivity contribution >= 4 is 23.2 Å². The molecule has 28 heavy (non-hydrogen) atoms. The molecule has 3 fully saturated rings. The Balaban J connectivity index is 1.84. The first-order valence-electron chi connectivity index (χ1n) is 10.1. The summed E-state index contributed by atoms with van der Waals surface area (Å²) in [6.45, 7) is 5.27. The Morgan fingerprint density at radius 1 is 1.32 bits per heavy atom. The van der Waals surface area contributed by atoms with E-state index >= 15 is 4.39 Å². The van der Waals surface area contributed by atoms with Crippen molar-refractivity contribution in [3.05, 3.63) is 23.8 Å². The van der Waals surface area contributed by atoms with Gasteiger partial charge in [-0.05, 0) is 60.2 Å². The van der Waals surface area contributed by atoms with Gasteiger partial charge in [0.15, 0.2) is 11.6 Å². The summed E-state index contributed by atoms with van der Waals surface area (Å²) < 4.78 is 15.3. The van der Waals surface area contributed by atoms with Crippen molar-refractivity contribution < 1.29 is 24.2 Å². The predicted molar refractivity (Wildman–Crippen MR) is 104 cm³/mol. The normalized spacial score (nSPS) is 52.5. The van der Waals surface area contributed by atoms with Gasteiger partial charge < -0.3 is 10.2 Å². The molecule has 0 amide bonds. The van der Waals surface area contributed by atoms with Crippen LogP contribution in [0.15, 0.2) is 23.8 Å². The van der Waals surface area contributed by atoms with Gasteiger partial charge >= 0.3 is 0 Å². The van der Waals surface area contributed by atoms with Crippen LogP contribution in [0.2, 0.25) is 0 Å². The summed E-state index contributed by atoms with van der Waals surface area (Å²) in [5.41, 5.74) is -1.15. The summed E-state index contributed by atoms with van der Waals surface area (Å²) in [6.07, 6.45) is 3.31. The van der Waals surface area contributed by atoms with Crippen LogP contribution in [0, 0.1) is 34.5 Å². The van der Waals surface area contributed by atoms with Gasteiger partial charge in [-0.1, -0.05) is 26.8 Å². The molecule has 0 aliphatic heterocycles. The van der Waals surface area contributed by atoms with Crippen molar-refractivity contribution in [2.45, 2.75) is 57.2 Å². The van der Waals surface area contributed by atoms with E-state index in [4.69, 9.17) is 11.6 Å². The molecular weight excluding hydrogens is 383 g/mol. The molecule has 6 heteroatoms. The highest BCUT2D eigenvalue weighted by Gasteiger charge is 2.71. The number of allylic oxidation sites excluding steroid dienone is 4. The molecule has 4 nitrogen and oxygen atoms in total. The van der Waals surface area contributed by atoms with Gasteiger partial charge in [-0.15, -0.1) is 11.6 Å². The number of carbonyl (C=O) groups is 2. The van der Waals surface area contributed by atoms with Crippen molar-refractivity contribution in [3.8, 4) is 0 Å². The van der Waals surface area contributed by atoms with Crippen molar-refractivity contribution in [2.75, 3.05) is 6.61 Å². The lowest BCUT2D eigenvalue weighted by molar-refractivity contribution is -0.140. The zero-order valence-corrected chi connectivity index (χ0v) is 17.2. The minimum absolute atomic E-state index is 0.0344. The molecule has 2 N–H and O–H groups in total. The van der Waals surface area contributed by atoms with Crippen LogP contribution in [0.5, 0.6) is 0 Å². The second-order valence-corrected chi connectivity index (χ2v) is 10.4. The van der Waals surface area contributed by atoms with Gasteiger partial charge in [-0.2, -0.15) is 0 Å². The van der Waals surface area contributed by atoms with Gasteiger partial charge in [-0.3, -0.25) is 9.59 Å². The topological polar surface area (TPSA) is 74.6 Å². The summed E-state index contributed by atoms with van der Waals surface area (Å²) in [6, 6.07) is 0. The number of halogens is 2. The first kappa shape index (κ1) is 20.2. The number of fused-ring (bicyclic) bond motifs is 5. The molecule has 0 aromatic carbocycles. The molecule has 0 aromatic rings. The van der Waals surface area contributed by atoms with E-state index in [0.717, 1.165) is 0 Å². The minimum Gasteiger partial charge on any atom is -0.391 e. The number of ketones is 2. The van der Waals surface area contributed by atoms with E-state index in [0.29, 0.717) is 18.4 Å². The summed E-state index contributed by atoms with van der Waals surface area (Å²) >= 11 is 7.24. The number of carbonyl (C=O) groups excluding carboxylic acids is 2. The molecule has 4 rings (SSSR count). The fourth-order valence-electron chi connectivity index (χ4n) is 7.36. The fourth-order valence-corrected chi connectivity index (χ4v) is 7.85. The summed E-state index contributed by atoms with van der Waals surface area (Å²) in [5, 5.41) is 20.8. The van der Waals surface area contributed by atoms with E-state index in [1.165, 1.54) is 12.2 Å². The first-order valence-corrected chi connectivity index (χ1v) is 10.5. The van der Waals surface area contributed by atoms with Crippen molar-refractivity contribution in [3.63, 3.8) is 0 Å². The predicted octanol–water partition coefficient (Wildman–Crippen LogP) is 3.00. The zero-order valence-electron chi connectivity index (χ0n) is 16.5. The van der Waals surface area contributed by atoms with E-state index in [1.54, 1.807) is 6.08 Å². The Morgan fingerprint density at radius 3 is 2.64 bits per heavy atom. The molecule has 4 aliphatic carbocycles. The maximum absolute atomic E-state index is 15.3. The van der Waals surface area contributed by atoms with Crippen molar-refractivity contribution in [2.24, 2.45) is 34.5 Å². The van der Waals surface area contributed by atoms with Crippen LogP contribution < -0.4 is 0 Å². The molecule has 3 saturated carbocycles. The maximum atomic E-state index is 15.3. The second-order valence-electron chi connectivity index (χ2n) is 9.76. The molecular formula is C22H28ClFO4. The average molecular weight is 411 g/mol. The molecule has 0 saturated heterocycles. The Hall–Kier alpha value is -1.04. The van der Waals surface area contributed by atoms with Gasteiger partial charge in [0.1, 0.15) is 12.8 Å². The zero-order chi connectivity index (χ0) is 20.6. The van der Waals surface area contributed by atoms with Gasteiger partial charge in [0.2, 0.25) is 0 Å². The van der Waals surface area contributed by atoms with Crippen LogP contribution in [-0.2, 0) is 9.59 Å². The van der Waals surface area contributed by atoms with Crippen molar-refractivity contribution in [1.82, 2.24) is 0 Å². The van der Waals surface area contributed by atoms with E-state index in [9.17, 15) is 19.8 Å². The summed E-state index contributed by atoms with van der Waals surface area (Å²) in [4.78, 5) is 23.3. The molecule has 0 bridgehead atoms. The van der Waals surface area contributed by atoms with Gasteiger partial charge in [0, 0.05) is 11.3 Å². The smallest absolute Gasteiger partial charge is 0.178 e. The highest BCUT2D eigenvalue weighted by atomic mass is 35.5. The fraction of sp³-hybridized carbons (Fsp3) is 0.727. The molecule has 154 valence electrons. The van der Waals surface area contributed by atoms with Gasteiger partial charge in [-0.25, -0.2) is 4.39 Å². The summed E-state index contributed by atoms with van der Waals surface area (Å²) in [5.74, 6) is -1.18. The SMILES string of the molecule is CC1CC2C3CC(F)C4=CC(=O)C=CC4(C)C3(Cl)C(O)CC2(C)C1C(=O)CO. The standard InChI is InChI=1S/C22H28ClFO4/c1-11-6-13-14-8-16(24)15-7-12(26)4-5-21(15,3)22(14,23)18(28)9-20(13,2)19(11)17(27)10-25/h4-5,7,11,13-14,16,18-19,25,28H,6,8-10H2,1-3H3. The quantitative estimate of drug-likeness (QED) is 0.686. The third-order valence-corrected chi connectivity index (χ3v) is 9.40. The van der Waals surface area contributed by atoms with Crippen LogP contribution in [0.25, 0.3) is 0 Å². The van der Waals surface area contributed by atoms with Crippen LogP contribution in [0.4, 0.5) is 4.39 Å². The first-order chi connectivity index (χ1) is 13.0. The molecule has 0 aromatic heterocycles. The average Bonchev–Trinajstić information content (AvgIpc) is 2.89. The number of Topliss-reactive ketones (excluding diaryl/α,β-unsaturated/α-hetero) is 1. The third kappa shape index (κ3) is 2.30. The number of alkyl halides is 2. The lowest BCUT2D eigenvalue weighted by atomic mass is 9.46. The van der Waals surface area contributed by atoms with Crippen LogP contribution in [0.1, 0.15) is 40.0 Å². The van der Waals surface area contributed by atoms with Crippen molar-refractivity contribution in [1.29, 1.82) is 0 Å². The number of aliphatic hydroxyl groups is 2. The third-order valence-electron chi connectivity index (χ3n) is 8.47. The highest BCUT2D eigenvalue weighted by molar-refractivity contribution is 6.26. The van der Waals surface area contributed by atoms with Gasteiger partial charge in [0.25, 0.3) is 0 Å². The number of rotatable bonds is 2. The van der Waals surface area contributed by atoms with Crippen LogP contribution in [0.3, 0.4) is 0 Å². The number of aliphatic hydroxyl groups excluding tert-OH is 2. The second kappa shape index (κ2) is 6.23. The molecule has 9 unspecified atom stereocenters. The Bertz CT molecular complexity index is 793. The van der Waals surface area contributed by atoms with E-state index in [2.05, 4.69) is 0 Å². The number of hydrogen-bond donors (Lipinski definition) is 2. The van der Waals surface area contributed by atoms with E-state index < -0.39 is 34.6 Å². The van der Waals surface area contributed by atoms with E-state index in [1.807, 2.05) is 20.8 Å². The maximum Gasteiger partial charge on any atom is 0.178 e. The van der Waals surface area contributed by atoms with E-state index in [-0.39, 0.29) is 41.7 Å². The molecule has 0 radical (unpaired) electrons. The van der Waals surface area contributed by atoms with Crippen LogP contribution in [-0.4, -0.2) is 45.5 Å². The molecule has 4 aliphatic rings. The van der Waals surface area contributed by atoms with Gasteiger partial charge in [0.05, 0.1) is 11.0 Å². The Labute approximate surface area is 169 Å².